The Bertz CT molecular complexity index is 1460. The van der Waals surface area contributed by atoms with Gasteiger partial charge < -0.3 is 30.7 Å². The van der Waals surface area contributed by atoms with Gasteiger partial charge >= 0.3 is 6.09 Å². The number of carbonyl (C=O) groups is 5. The average molecular weight is 662 g/mol. The third kappa shape index (κ3) is 9.28. The number of sulfonamides is 1. The van der Waals surface area contributed by atoms with Crippen molar-refractivity contribution in [2.45, 2.75) is 95.0 Å². The number of hydrogen-bond acceptors (Lipinski definition) is 9. The van der Waals surface area contributed by atoms with Crippen molar-refractivity contribution in [1.29, 1.82) is 0 Å². The van der Waals surface area contributed by atoms with Gasteiger partial charge in [0.1, 0.15) is 29.0 Å². The van der Waals surface area contributed by atoms with E-state index in [2.05, 4.69) is 16.0 Å². The lowest BCUT2D eigenvalue weighted by Gasteiger charge is -2.30. The molecule has 0 radical (unpaired) electrons. The summed E-state index contributed by atoms with van der Waals surface area (Å²) in [5.74, 6) is -4.75. The summed E-state index contributed by atoms with van der Waals surface area (Å²) >= 11 is 0. The van der Waals surface area contributed by atoms with E-state index in [-0.39, 0.29) is 25.8 Å². The minimum atomic E-state index is -4.45. The van der Waals surface area contributed by atoms with Crippen molar-refractivity contribution >= 4 is 45.4 Å². The molecule has 1 aromatic rings. The maximum Gasteiger partial charge on any atom is 0.408 e. The molecule has 5 atom stereocenters. The van der Waals surface area contributed by atoms with E-state index in [0.717, 1.165) is 12.8 Å². The molecule has 1 aliphatic carbocycles. The first-order valence-corrected chi connectivity index (χ1v) is 17.1. The highest BCUT2D eigenvalue weighted by Crippen LogP contribution is 2.45. The molecule has 2 fully saturated rings. The SMILES string of the molecule is CC(C)(C)OC(=O)N[C@H]1CCCCC/C=C\[C@@H]2C[C@@]2(C(=O)NS(=O)(=O)CC(=O)Nc2ccccc2)NC(=O)[C@@H]2C[C@@H](O)CN2C1=O. The van der Waals surface area contributed by atoms with Gasteiger partial charge in [0, 0.05) is 24.6 Å². The number of hydrogen-bond donors (Lipinski definition) is 5. The van der Waals surface area contributed by atoms with Gasteiger partial charge in [-0.05, 0) is 58.6 Å². The fourth-order valence-electron chi connectivity index (χ4n) is 5.71. The predicted octanol–water partition coefficient (Wildman–Crippen LogP) is 1.32. The third-order valence-electron chi connectivity index (χ3n) is 7.98. The molecule has 0 bridgehead atoms. The lowest BCUT2D eigenvalue weighted by molar-refractivity contribution is -0.141. The van der Waals surface area contributed by atoms with Crippen LogP contribution in [0.1, 0.15) is 65.7 Å². The summed E-state index contributed by atoms with van der Waals surface area (Å²) in [6.07, 6.45) is 4.77. The van der Waals surface area contributed by atoms with Crippen molar-refractivity contribution in [1.82, 2.24) is 20.3 Å². The molecule has 3 aliphatic rings. The molecule has 2 aliphatic heterocycles. The van der Waals surface area contributed by atoms with Crippen molar-refractivity contribution < 1.29 is 42.2 Å². The van der Waals surface area contributed by atoms with E-state index in [1.54, 1.807) is 57.2 Å². The van der Waals surface area contributed by atoms with E-state index in [4.69, 9.17) is 4.74 Å². The number of amides is 5. The Hall–Kier alpha value is -3.98. The molecule has 1 saturated carbocycles. The van der Waals surface area contributed by atoms with Crippen LogP contribution in [0.2, 0.25) is 0 Å². The number of nitrogens with one attached hydrogen (secondary N) is 4. The number of rotatable bonds is 6. The molecule has 5 N–H and O–H groups in total. The van der Waals surface area contributed by atoms with Crippen LogP contribution in [0, 0.1) is 5.92 Å². The standard InChI is InChI=1S/C31H43N5O9S/c1-30(2,3)45-29(42)33-23-15-11-6-4-5-8-12-20-17-31(20,34-26(39)24-16-22(37)18-36(24)27(23)40)28(41)35-46(43,44)19-25(38)32-21-13-9-7-10-14-21/h7-10,12-14,20,22-24,37H,4-6,11,15-19H2,1-3H3,(H,32,38)(H,33,42)(H,34,39)(H,35,41)/b12-8-/t20-,22-,23+,24+,31-/m1/s1. The lowest BCUT2D eigenvalue weighted by atomic mass is 10.0. The van der Waals surface area contributed by atoms with Gasteiger partial charge in [-0.15, -0.1) is 0 Å². The number of anilines is 1. The Morgan fingerprint density at radius 1 is 1.11 bits per heavy atom. The van der Waals surface area contributed by atoms with Gasteiger partial charge in [-0.1, -0.05) is 43.2 Å². The number of carbonyl (C=O) groups excluding carboxylic acids is 5. The van der Waals surface area contributed by atoms with Crippen LogP contribution in [0.3, 0.4) is 0 Å². The summed E-state index contributed by atoms with van der Waals surface area (Å²) in [6.45, 7) is 4.91. The van der Waals surface area contributed by atoms with Crippen molar-refractivity contribution in [3.05, 3.63) is 42.5 Å². The number of fused-ring (bicyclic) bond motifs is 2. The van der Waals surface area contributed by atoms with Crippen LogP contribution < -0.4 is 20.7 Å². The van der Waals surface area contributed by atoms with Crippen LogP contribution >= 0.6 is 0 Å². The Morgan fingerprint density at radius 3 is 2.52 bits per heavy atom. The summed E-state index contributed by atoms with van der Waals surface area (Å²) < 4.78 is 33.0. The molecule has 14 nitrogen and oxygen atoms in total. The summed E-state index contributed by atoms with van der Waals surface area (Å²) in [5.41, 5.74) is -2.07. The molecule has 0 unspecified atom stereocenters. The maximum absolute atomic E-state index is 13.7. The van der Waals surface area contributed by atoms with Gasteiger partial charge in [-0.3, -0.25) is 23.9 Å². The maximum atomic E-state index is 13.7. The van der Waals surface area contributed by atoms with Gasteiger partial charge in [0.05, 0.1) is 6.10 Å². The average Bonchev–Trinajstić information content (AvgIpc) is 3.50. The van der Waals surface area contributed by atoms with Crippen molar-refractivity contribution in [2.24, 2.45) is 5.92 Å². The minimum absolute atomic E-state index is 0.0961. The zero-order chi connectivity index (χ0) is 33.7. The molecule has 2 heterocycles. The monoisotopic (exact) mass is 661 g/mol. The Morgan fingerprint density at radius 2 is 1.83 bits per heavy atom. The largest absolute Gasteiger partial charge is 0.444 e. The number of para-hydroxylation sites is 1. The Labute approximate surface area is 268 Å². The van der Waals surface area contributed by atoms with E-state index in [1.807, 2.05) is 10.8 Å². The number of aliphatic hydroxyl groups is 1. The fraction of sp³-hybridized carbons (Fsp3) is 0.581. The van der Waals surface area contributed by atoms with E-state index in [0.29, 0.717) is 18.5 Å². The molecular weight excluding hydrogens is 618 g/mol. The van der Waals surface area contributed by atoms with Crippen LogP contribution in [-0.2, 0) is 33.9 Å². The summed E-state index contributed by atoms with van der Waals surface area (Å²) in [5, 5.41) is 18.2. The van der Waals surface area contributed by atoms with E-state index in [1.165, 1.54) is 4.90 Å². The second-order valence-corrected chi connectivity index (χ2v) is 14.8. The van der Waals surface area contributed by atoms with Crippen LogP contribution in [0.4, 0.5) is 10.5 Å². The zero-order valence-corrected chi connectivity index (χ0v) is 27.1. The molecule has 252 valence electrons. The highest BCUT2D eigenvalue weighted by molar-refractivity contribution is 7.90. The molecule has 1 saturated heterocycles. The predicted molar refractivity (Wildman–Crippen MR) is 167 cm³/mol. The first-order chi connectivity index (χ1) is 21.6. The van der Waals surface area contributed by atoms with Gasteiger partial charge in [-0.25, -0.2) is 13.2 Å². The van der Waals surface area contributed by atoms with Crippen LogP contribution in [0.5, 0.6) is 0 Å². The molecule has 4 rings (SSSR count). The van der Waals surface area contributed by atoms with Crippen molar-refractivity contribution in [3.8, 4) is 0 Å². The molecule has 1 aromatic carbocycles. The Balaban J connectivity index is 1.52. The second kappa shape index (κ2) is 14.2. The molecule has 15 heteroatoms. The summed E-state index contributed by atoms with van der Waals surface area (Å²) in [4.78, 5) is 67.1. The smallest absolute Gasteiger partial charge is 0.408 e. The quantitative estimate of drug-likeness (QED) is 0.279. The van der Waals surface area contributed by atoms with Crippen molar-refractivity contribution in [3.63, 3.8) is 0 Å². The molecule has 46 heavy (non-hydrogen) atoms. The van der Waals surface area contributed by atoms with Crippen LogP contribution in [-0.4, -0.2) is 89.8 Å². The first kappa shape index (κ1) is 34.9. The highest BCUT2D eigenvalue weighted by Gasteiger charge is 2.61. The lowest BCUT2D eigenvalue weighted by Crippen LogP contribution is -2.58. The number of aliphatic hydroxyl groups excluding tert-OH is 1. The highest BCUT2D eigenvalue weighted by atomic mass is 32.2. The summed E-state index contributed by atoms with van der Waals surface area (Å²) in [7, 11) is -4.45. The fourth-order valence-corrected chi connectivity index (χ4v) is 6.66. The van der Waals surface area contributed by atoms with Crippen LogP contribution in [0.15, 0.2) is 42.5 Å². The Kier molecular flexibility index (Phi) is 10.8. The molecule has 0 aromatic heterocycles. The zero-order valence-electron chi connectivity index (χ0n) is 26.3. The number of nitrogens with zero attached hydrogens (tertiary/aromatic N) is 1. The van der Waals surface area contributed by atoms with Crippen LogP contribution in [0.25, 0.3) is 0 Å². The van der Waals surface area contributed by atoms with Gasteiger partial charge in [-0.2, -0.15) is 0 Å². The number of benzene rings is 1. The second-order valence-electron chi connectivity index (χ2n) is 13.0. The van der Waals surface area contributed by atoms with E-state index >= 15 is 0 Å². The number of allylic oxidation sites excluding steroid dienone is 1. The van der Waals surface area contributed by atoms with Gasteiger partial charge in [0.15, 0.2) is 0 Å². The normalized spacial score (nSPS) is 27.9. The topological polar surface area (TPSA) is 200 Å². The van der Waals surface area contributed by atoms with E-state index < -0.39 is 80.7 Å². The first-order valence-electron chi connectivity index (χ1n) is 15.4. The minimum Gasteiger partial charge on any atom is -0.444 e. The number of alkyl carbamates (subject to hydrolysis) is 1. The van der Waals surface area contributed by atoms with E-state index in [9.17, 15) is 37.5 Å². The third-order valence-corrected chi connectivity index (χ3v) is 9.12. The summed E-state index contributed by atoms with van der Waals surface area (Å²) in [6, 6.07) is 6.03. The van der Waals surface area contributed by atoms with Gasteiger partial charge in [0.25, 0.3) is 5.91 Å². The molecule has 5 amide bonds. The number of ether oxygens (including phenoxy) is 1. The van der Waals surface area contributed by atoms with Crippen molar-refractivity contribution in [2.75, 3.05) is 17.6 Å². The van der Waals surface area contributed by atoms with Gasteiger partial charge in [0.2, 0.25) is 27.7 Å². The molecular formula is C31H43N5O9S. The molecule has 0 spiro atoms.